The minimum absolute atomic E-state index is 0.122. The van der Waals surface area contributed by atoms with Crippen molar-refractivity contribution in [1.29, 1.82) is 0 Å². The van der Waals surface area contributed by atoms with Crippen molar-refractivity contribution in [2.45, 2.75) is 6.18 Å². The summed E-state index contributed by atoms with van der Waals surface area (Å²) in [6.07, 6.45) is -4.89. The summed E-state index contributed by atoms with van der Waals surface area (Å²) in [5.41, 5.74) is -1.41. The van der Waals surface area contributed by atoms with Crippen LogP contribution in [0.5, 0.6) is 11.6 Å². The SMILES string of the molecule is COc1ccc(-n2nc(OC)c(C(F)(F)F)c2F)cc1. The molecule has 4 nitrogen and oxygen atoms in total. The van der Waals surface area contributed by atoms with Crippen molar-refractivity contribution in [3.8, 4) is 17.3 Å². The molecule has 0 saturated carbocycles. The lowest BCUT2D eigenvalue weighted by molar-refractivity contribution is -0.141. The minimum atomic E-state index is -4.89. The van der Waals surface area contributed by atoms with Crippen LogP contribution in [0.3, 0.4) is 0 Å². The predicted octanol–water partition coefficient (Wildman–Crippen LogP) is 3.05. The molecule has 0 unspecified atom stereocenters. The van der Waals surface area contributed by atoms with Crippen LogP contribution in [0.1, 0.15) is 5.56 Å². The van der Waals surface area contributed by atoms with Gasteiger partial charge in [-0.25, -0.2) is 4.68 Å². The van der Waals surface area contributed by atoms with E-state index in [4.69, 9.17) is 4.74 Å². The fraction of sp³-hybridized carbons (Fsp3) is 0.250. The number of hydrogen-bond donors (Lipinski definition) is 0. The highest BCUT2D eigenvalue weighted by atomic mass is 19.4. The number of ether oxygens (including phenoxy) is 2. The Morgan fingerprint density at radius 3 is 2.05 bits per heavy atom. The molecule has 0 atom stereocenters. The van der Waals surface area contributed by atoms with E-state index in [9.17, 15) is 17.6 Å². The molecule has 0 saturated heterocycles. The second-order valence-corrected chi connectivity index (χ2v) is 3.78. The molecular formula is C12H10F4N2O2. The van der Waals surface area contributed by atoms with E-state index in [1.165, 1.54) is 31.4 Å². The van der Waals surface area contributed by atoms with Crippen molar-refractivity contribution < 1.29 is 27.0 Å². The van der Waals surface area contributed by atoms with E-state index in [-0.39, 0.29) is 5.69 Å². The highest BCUT2D eigenvalue weighted by Gasteiger charge is 2.42. The normalized spacial score (nSPS) is 11.5. The highest BCUT2D eigenvalue weighted by molar-refractivity contribution is 5.40. The zero-order chi connectivity index (χ0) is 14.9. The molecule has 0 aliphatic carbocycles. The van der Waals surface area contributed by atoms with Gasteiger partial charge in [-0.3, -0.25) is 0 Å². The fourth-order valence-corrected chi connectivity index (χ4v) is 1.65. The lowest BCUT2D eigenvalue weighted by Crippen LogP contribution is -2.09. The van der Waals surface area contributed by atoms with Gasteiger partial charge in [0.05, 0.1) is 19.9 Å². The van der Waals surface area contributed by atoms with Crippen molar-refractivity contribution in [1.82, 2.24) is 9.78 Å². The number of methoxy groups -OCH3 is 2. The first kappa shape index (κ1) is 14.2. The predicted molar refractivity (Wildman–Crippen MR) is 61.6 cm³/mol. The number of nitrogens with zero attached hydrogens (tertiary/aromatic N) is 2. The maximum atomic E-state index is 13.9. The van der Waals surface area contributed by atoms with Crippen molar-refractivity contribution >= 4 is 0 Å². The third-order valence-electron chi connectivity index (χ3n) is 2.59. The topological polar surface area (TPSA) is 36.3 Å². The average Bonchev–Trinajstić information content (AvgIpc) is 2.75. The van der Waals surface area contributed by atoms with Gasteiger partial charge in [-0.1, -0.05) is 0 Å². The summed E-state index contributed by atoms with van der Waals surface area (Å²) in [5, 5.41) is 3.48. The lowest BCUT2D eigenvalue weighted by atomic mass is 10.3. The number of alkyl halides is 3. The summed E-state index contributed by atoms with van der Waals surface area (Å²) in [5.74, 6) is -1.85. The van der Waals surface area contributed by atoms with Crippen LogP contribution in [0, 0.1) is 5.95 Å². The largest absolute Gasteiger partial charge is 0.497 e. The second kappa shape index (κ2) is 5.03. The second-order valence-electron chi connectivity index (χ2n) is 3.78. The standard InChI is InChI=1S/C12H10F4N2O2/c1-19-8-5-3-7(4-6-8)18-10(13)9(12(14,15)16)11(17-18)20-2/h3-6H,1-2H3. The van der Waals surface area contributed by atoms with Crippen LogP contribution in [0.4, 0.5) is 17.6 Å². The molecule has 8 heteroatoms. The molecule has 2 aromatic rings. The number of hydrogen-bond acceptors (Lipinski definition) is 3. The van der Waals surface area contributed by atoms with Gasteiger partial charge in [0.15, 0.2) is 5.56 Å². The summed E-state index contributed by atoms with van der Waals surface area (Å²) < 4.78 is 62.1. The van der Waals surface area contributed by atoms with Crippen LogP contribution < -0.4 is 9.47 Å². The van der Waals surface area contributed by atoms with Crippen LogP contribution >= 0.6 is 0 Å². The highest BCUT2D eigenvalue weighted by Crippen LogP contribution is 2.38. The molecule has 0 aliphatic heterocycles. The smallest absolute Gasteiger partial charge is 0.426 e. The van der Waals surface area contributed by atoms with Crippen LogP contribution in [0.2, 0.25) is 0 Å². The van der Waals surface area contributed by atoms with E-state index in [2.05, 4.69) is 9.84 Å². The Morgan fingerprint density at radius 1 is 1.05 bits per heavy atom. The van der Waals surface area contributed by atoms with Crippen molar-refractivity contribution in [3.63, 3.8) is 0 Å². The van der Waals surface area contributed by atoms with E-state index in [0.717, 1.165) is 7.11 Å². The van der Waals surface area contributed by atoms with E-state index in [1.54, 1.807) is 0 Å². The van der Waals surface area contributed by atoms with E-state index < -0.39 is 23.6 Å². The number of rotatable bonds is 3. The maximum absolute atomic E-state index is 13.9. The summed E-state index contributed by atoms with van der Waals surface area (Å²) in [6, 6.07) is 5.73. The van der Waals surface area contributed by atoms with Crippen molar-refractivity contribution in [3.05, 3.63) is 35.8 Å². The molecule has 0 spiro atoms. The summed E-state index contributed by atoms with van der Waals surface area (Å²) in [6.45, 7) is 0. The van der Waals surface area contributed by atoms with Crippen LogP contribution in [0.25, 0.3) is 5.69 Å². The fourth-order valence-electron chi connectivity index (χ4n) is 1.65. The molecule has 2 rings (SSSR count). The number of aromatic nitrogens is 2. The Kier molecular flexibility index (Phi) is 3.56. The Labute approximate surface area is 111 Å². The molecule has 1 heterocycles. The van der Waals surface area contributed by atoms with Crippen LogP contribution in [-0.2, 0) is 6.18 Å². The number of halogens is 4. The van der Waals surface area contributed by atoms with Gasteiger partial charge in [-0.05, 0) is 24.3 Å². The van der Waals surface area contributed by atoms with Gasteiger partial charge in [-0.2, -0.15) is 17.6 Å². The van der Waals surface area contributed by atoms with Gasteiger partial charge in [-0.15, -0.1) is 5.10 Å². The summed E-state index contributed by atoms with van der Waals surface area (Å²) in [4.78, 5) is 0. The quantitative estimate of drug-likeness (QED) is 0.815. The first-order chi connectivity index (χ1) is 9.38. The molecular weight excluding hydrogens is 280 g/mol. The Hall–Kier alpha value is -2.25. The molecule has 0 fully saturated rings. The first-order valence-electron chi connectivity index (χ1n) is 5.42. The monoisotopic (exact) mass is 290 g/mol. The van der Waals surface area contributed by atoms with Crippen LogP contribution in [0.15, 0.2) is 24.3 Å². The van der Waals surface area contributed by atoms with Gasteiger partial charge in [0, 0.05) is 0 Å². The molecule has 20 heavy (non-hydrogen) atoms. The third kappa shape index (κ3) is 2.40. The average molecular weight is 290 g/mol. The van der Waals surface area contributed by atoms with Gasteiger partial charge in [0.2, 0.25) is 11.8 Å². The van der Waals surface area contributed by atoms with Crippen molar-refractivity contribution in [2.75, 3.05) is 14.2 Å². The van der Waals surface area contributed by atoms with Gasteiger partial charge >= 0.3 is 6.18 Å². The third-order valence-corrected chi connectivity index (χ3v) is 2.59. The summed E-state index contributed by atoms with van der Waals surface area (Å²) >= 11 is 0. The molecule has 1 aromatic carbocycles. The zero-order valence-electron chi connectivity index (χ0n) is 10.5. The summed E-state index contributed by atoms with van der Waals surface area (Å²) in [7, 11) is 2.43. The molecule has 0 bridgehead atoms. The Morgan fingerprint density at radius 2 is 1.65 bits per heavy atom. The van der Waals surface area contributed by atoms with Crippen molar-refractivity contribution in [2.24, 2.45) is 0 Å². The molecule has 0 amide bonds. The van der Waals surface area contributed by atoms with Gasteiger partial charge < -0.3 is 9.47 Å². The Balaban J connectivity index is 2.54. The molecule has 108 valence electrons. The zero-order valence-corrected chi connectivity index (χ0v) is 10.5. The molecule has 1 aromatic heterocycles. The van der Waals surface area contributed by atoms with E-state index in [0.29, 0.717) is 10.4 Å². The lowest BCUT2D eigenvalue weighted by Gasteiger charge is -2.05. The van der Waals surface area contributed by atoms with Gasteiger partial charge in [0.1, 0.15) is 5.75 Å². The first-order valence-corrected chi connectivity index (χ1v) is 5.42. The number of benzene rings is 1. The van der Waals surface area contributed by atoms with E-state index >= 15 is 0 Å². The molecule has 0 aliphatic rings. The molecule has 0 N–H and O–H groups in total. The molecule has 0 radical (unpaired) electrons. The maximum Gasteiger partial charge on any atom is 0.426 e. The Bertz CT molecular complexity index is 605. The van der Waals surface area contributed by atoms with E-state index in [1.807, 2.05) is 0 Å². The minimum Gasteiger partial charge on any atom is -0.497 e. The van der Waals surface area contributed by atoms with Crippen LogP contribution in [-0.4, -0.2) is 24.0 Å². The van der Waals surface area contributed by atoms with Gasteiger partial charge in [0.25, 0.3) is 0 Å².